The van der Waals surface area contributed by atoms with E-state index in [1.54, 1.807) is 6.92 Å². The molecule has 0 amide bonds. The summed E-state index contributed by atoms with van der Waals surface area (Å²) in [5.74, 6) is 0.118. The lowest BCUT2D eigenvalue weighted by atomic mass is 10.0. The number of Topliss-reactive ketones (excluding diaryl/α,β-unsaturated/α-hetero) is 2. The number of hydrogen-bond acceptors (Lipinski definition) is 2. The zero-order valence-electron chi connectivity index (χ0n) is 9.74. The molecule has 0 bridgehead atoms. The van der Waals surface area contributed by atoms with Crippen LogP contribution in [-0.4, -0.2) is 11.6 Å². The predicted octanol–water partition coefficient (Wildman–Crippen LogP) is 2.95. The Morgan fingerprint density at radius 1 is 1.06 bits per heavy atom. The molecule has 0 aliphatic heterocycles. The Bertz CT molecular complexity index is 341. The van der Waals surface area contributed by atoms with Crippen molar-refractivity contribution in [3.63, 3.8) is 0 Å². The third-order valence-electron chi connectivity index (χ3n) is 2.55. The molecule has 0 aliphatic carbocycles. The van der Waals surface area contributed by atoms with Gasteiger partial charge in [-0.1, -0.05) is 37.3 Å². The fourth-order valence-electron chi connectivity index (χ4n) is 1.57. The van der Waals surface area contributed by atoms with E-state index in [-0.39, 0.29) is 18.0 Å². The Morgan fingerprint density at radius 3 is 2.38 bits per heavy atom. The summed E-state index contributed by atoms with van der Waals surface area (Å²) in [6, 6.07) is 10.1. The molecule has 0 saturated carbocycles. The van der Waals surface area contributed by atoms with Gasteiger partial charge in [-0.05, 0) is 18.4 Å². The monoisotopic (exact) mass is 218 g/mol. The maximum atomic E-state index is 11.4. The SMILES string of the molecule is CCC(=O)CC(=O)CCCc1ccccc1. The first-order chi connectivity index (χ1) is 7.72. The standard InChI is InChI=1S/C14H18O2/c1-2-13(15)11-14(16)10-6-9-12-7-4-3-5-8-12/h3-5,7-8H,2,6,9-11H2,1H3. The van der Waals surface area contributed by atoms with E-state index < -0.39 is 0 Å². The van der Waals surface area contributed by atoms with E-state index in [9.17, 15) is 9.59 Å². The van der Waals surface area contributed by atoms with Gasteiger partial charge in [-0.3, -0.25) is 9.59 Å². The molecule has 16 heavy (non-hydrogen) atoms. The molecule has 2 heteroatoms. The first-order valence-electron chi connectivity index (χ1n) is 5.79. The fourth-order valence-corrected chi connectivity index (χ4v) is 1.57. The second kappa shape index (κ2) is 6.94. The minimum atomic E-state index is 0.0460. The summed E-state index contributed by atoms with van der Waals surface area (Å²) in [5.41, 5.74) is 1.25. The second-order valence-corrected chi connectivity index (χ2v) is 3.95. The number of ketones is 2. The molecule has 0 aromatic heterocycles. The van der Waals surface area contributed by atoms with E-state index in [0.717, 1.165) is 12.8 Å². The number of hydrogen-bond donors (Lipinski definition) is 0. The topological polar surface area (TPSA) is 34.1 Å². The molecule has 0 radical (unpaired) electrons. The van der Waals surface area contributed by atoms with Crippen molar-refractivity contribution >= 4 is 11.6 Å². The molecule has 0 heterocycles. The zero-order chi connectivity index (χ0) is 11.8. The van der Waals surface area contributed by atoms with Crippen LogP contribution in [0.25, 0.3) is 0 Å². The van der Waals surface area contributed by atoms with Crippen molar-refractivity contribution in [2.75, 3.05) is 0 Å². The smallest absolute Gasteiger partial charge is 0.140 e. The molecule has 2 nitrogen and oxygen atoms in total. The van der Waals surface area contributed by atoms with E-state index in [1.165, 1.54) is 5.56 Å². The predicted molar refractivity (Wildman–Crippen MR) is 64.3 cm³/mol. The van der Waals surface area contributed by atoms with Crippen molar-refractivity contribution in [2.24, 2.45) is 0 Å². The molecule has 86 valence electrons. The summed E-state index contributed by atoms with van der Waals surface area (Å²) < 4.78 is 0. The van der Waals surface area contributed by atoms with Gasteiger partial charge in [0.25, 0.3) is 0 Å². The van der Waals surface area contributed by atoms with E-state index in [4.69, 9.17) is 0 Å². The number of benzene rings is 1. The number of carbonyl (C=O) groups is 2. The average Bonchev–Trinajstić information content (AvgIpc) is 2.30. The van der Waals surface area contributed by atoms with Crippen LogP contribution in [0.15, 0.2) is 30.3 Å². The lowest BCUT2D eigenvalue weighted by Gasteiger charge is -2.00. The molecule has 1 aromatic carbocycles. The highest BCUT2D eigenvalue weighted by molar-refractivity contribution is 5.98. The van der Waals surface area contributed by atoms with Gasteiger partial charge in [-0.25, -0.2) is 0 Å². The van der Waals surface area contributed by atoms with Crippen LogP contribution in [-0.2, 0) is 16.0 Å². The summed E-state index contributed by atoms with van der Waals surface area (Å²) in [6.45, 7) is 1.79. The number of carbonyl (C=O) groups excluding carboxylic acids is 2. The van der Waals surface area contributed by atoms with Crippen LogP contribution < -0.4 is 0 Å². The fraction of sp³-hybridized carbons (Fsp3) is 0.429. The largest absolute Gasteiger partial charge is 0.299 e. The Balaban J connectivity index is 2.21. The van der Waals surface area contributed by atoms with E-state index >= 15 is 0 Å². The maximum Gasteiger partial charge on any atom is 0.140 e. The molecular weight excluding hydrogens is 200 g/mol. The van der Waals surface area contributed by atoms with Gasteiger partial charge in [0.15, 0.2) is 0 Å². The highest BCUT2D eigenvalue weighted by Gasteiger charge is 2.07. The molecule has 0 aliphatic rings. The van der Waals surface area contributed by atoms with Crippen LogP contribution in [0.5, 0.6) is 0 Å². The minimum absolute atomic E-state index is 0.0460. The molecule has 0 unspecified atom stereocenters. The van der Waals surface area contributed by atoms with Crippen molar-refractivity contribution in [3.8, 4) is 0 Å². The molecule has 0 saturated heterocycles. The van der Waals surface area contributed by atoms with Crippen LogP contribution in [0.3, 0.4) is 0 Å². The summed E-state index contributed by atoms with van der Waals surface area (Å²) >= 11 is 0. The zero-order valence-corrected chi connectivity index (χ0v) is 9.74. The lowest BCUT2D eigenvalue weighted by molar-refractivity contribution is -0.126. The van der Waals surface area contributed by atoms with Crippen molar-refractivity contribution < 1.29 is 9.59 Å². The Kier molecular flexibility index (Phi) is 5.48. The van der Waals surface area contributed by atoms with Gasteiger partial charge in [-0.2, -0.15) is 0 Å². The first kappa shape index (κ1) is 12.6. The highest BCUT2D eigenvalue weighted by Crippen LogP contribution is 2.06. The molecule has 1 rings (SSSR count). The normalized spacial score (nSPS) is 10.1. The first-order valence-corrected chi connectivity index (χ1v) is 5.79. The summed E-state index contributed by atoms with van der Waals surface area (Å²) in [4.78, 5) is 22.4. The highest BCUT2D eigenvalue weighted by atomic mass is 16.1. The molecule has 0 atom stereocenters. The summed E-state index contributed by atoms with van der Waals surface area (Å²) in [6.07, 6.45) is 2.84. The Hall–Kier alpha value is -1.44. The van der Waals surface area contributed by atoms with Gasteiger partial charge < -0.3 is 0 Å². The second-order valence-electron chi connectivity index (χ2n) is 3.95. The molecule has 0 N–H and O–H groups in total. The number of rotatable bonds is 7. The van der Waals surface area contributed by atoms with Gasteiger partial charge in [0.05, 0.1) is 6.42 Å². The summed E-state index contributed by atoms with van der Waals surface area (Å²) in [7, 11) is 0. The van der Waals surface area contributed by atoms with Crippen LogP contribution >= 0.6 is 0 Å². The van der Waals surface area contributed by atoms with Gasteiger partial charge >= 0.3 is 0 Å². The maximum absolute atomic E-state index is 11.4. The summed E-state index contributed by atoms with van der Waals surface area (Å²) in [5, 5.41) is 0. The van der Waals surface area contributed by atoms with Gasteiger partial charge in [0, 0.05) is 12.8 Å². The quantitative estimate of drug-likeness (QED) is 0.659. The van der Waals surface area contributed by atoms with E-state index in [2.05, 4.69) is 12.1 Å². The third kappa shape index (κ3) is 4.87. The van der Waals surface area contributed by atoms with Gasteiger partial charge in [0.2, 0.25) is 0 Å². The molecule has 0 spiro atoms. The third-order valence-corrected chi connectivity index (χ3v) is 2.55. The van der Waals surface area contributed by atoms with Gasteiger partial charge in [0.1, 0.15) is 11.6 Å². The average molecular weight is 218 g/mol. The van der Waals surface area contributed by atoms with Crippen molar-refractivity contribution in [3.05, 3.63) is 35.9 Å². The van der Waals surface area contributed by atoms with Crippen LogP contribution in [0.4, 0.5) is 0 Å². The van der Waals surface area contributed by atoms with Gasteiger partial charge in [-0.15, -0.1) is 0 Å². The van der Waals surface area contributed by atoms with Crippen molar-refractivity contribution in [1.29, 1.82) is 0 Å². The van der Waals surface area contributed by atoms with Crippen LogP contribution in [0, 0.1) is 0 Å². The van der Waals surface area contributed by atoms with Crippen LogP contribution in [0.2, 0.25) is 0 Å². The Morgan fingerprint density at radius 2 is 1.75 bits per heavy atom. The molecule has 0 fully saturated rings. The van der Waals surface area contributed by atoms with Crippen LogP contribution in [0.1, 0.15) is 38.2 Å². The van der Waals surface area contributed by atoms with Crippen molar-refractivity contribution in [1.82, 2.24) is 0 Å². The van der Waals surface area contributed by atoms with E-state index in [0.29, 0.717) is 12.8 Å². The Labute approximate surface area is 96.7 Å². The van der Waals surface area contributed by atoms with Crippen molar-refractivity contribution in [2.45, 2.75) is 39.0 Å². The van der Waals surface area contributed by atoms with E-state index in [1.807, 2.05) is 18.2 Å². The molecular formula is C14H18O2. The minimum Gasteiger partial charge on any atom is -0.299 e. The number of aryl methyl sites for hydroxylation is 1. The lowest BCUT2D eigenvalue weighted by Crippen LogP contribution is -2.06. The molecule has 1 aromatic rings.